The van der Waals surface area contributed by atoms with Crippen LogP contribution in [-0.2, 0) is 14.8 Å². The zero-order chi connectivity index (χ0) is 23.0. The van der Waals surface area contributed by atoms with Crippen molar-refractivity contribution < 1.29 is 27.4 Å². The maximum absolute atomic E-state index is 12.9. The summed E-state index contributed by atoms with van der Waals surface area (Å²) >= 11 is 1.37. The van der Waals surface area contributed by atoms with Crippen LogP contribution in [0.25, 0.3) is 10.2 Å². The molecule has 2 aliphatic heterocycles. The highest BCUT2D eigenvalue weighted by Gasteiger charge is 2.32. The first-order valence-electron chi connectivity index (χ1n) is 10.6. The molecule has 1 fully saturated rings. The van der Waals surface area contributed by atoms with Crippen LogP contribution >= 0.6 is 11.3 Å². The molecule has 0 saturated carbocycles. The molecule has 174 valence electrons. The lowest BCUT2D eigenvalue weighted by atomic mass is 9.97. The van der Waals surface area contributed by atoms with Gasteiger partial charge in [-0.1, -0.05) is 11.3 Å². The van der Waals surface area contributed by atoms with Crippen molar-refractivity contribution in [1.82, 2.24) is 9.29 Å². The summed E-state index contributed by atoms with van der Waals surface area (Å²) in [6.07, 6.45) is 0.893. The van der Waals surface area contributed by atoms with E-state index >= 15 is 0 Å². The predicted octanol–water partition coefficient (Wildman–Crippen LogP) is 3.12. The van der Waals surface area contributed by atoms with Crippen molar-refractivity contribution in [3.8, 4) is 17.2 Å². The van der Waals surface area contributed by atoms with Gasteiger partial charge in [-0.3, -0.25) is 4.79 Å². The Morgan fingerprint density at radius 3 is 2.45 bits per heavy atom. The van der Waals surface area contributed by atoms with Crippen LogP contribution in [0.3, 0.4) is 0 Å². The number of nitrogens with zero attached hydrogens (tertiary/aromatic N) is 2. The SMILES string of the molecule is COc1ccc(S(=O)(=O)N2CCC(C(=O)Nc3nc4cc5c(cc4s3)OCCO5)CC2)cc1. The number of methoxy groups -OCH3 is 1. The van der Waals surface area contributed by atoms with Crippen molar-refractivity contribution >= 4 is 42.6 Å². The largest absolute Gasteiger partial charge is 0.497 e. The van der Waals surface area contributed by atoms with Gasteiger partial charge in [0.05, 0.1) is 22.2 Å². The highest BCUT2D eigenvalue weighted by molar-refractivity contribution is 7.89. The standard InChI is InChI=1S/C22H23N3O6S2/c1-29-15-2-4-16(5-3-15)33(27,28)25-8-6-14(7-9-25)21(26)24-22-23-17-12-18-19(13-20(17)32-22)31-11-10-30-18/h2-5,12-14H,6-11H2,1H3,(H,23,24,26). The van der Waals surface area contributed by atoms with Crippen LogP contribution < -0.4 is 19.5 Å². The predicted molar refractivity (Wildman–Crippen MR) is 124 cm³/mol. The fourth-order valence-electron chi connectivity index (χ4n) is 3.98. The van der Waals surface area contributed by atoms with E-state index < -0.39 is 10.0 Å². The molecule has 3 aromatic rings. The van der Waals surface area contributed by atoms with Gasteiger partial charge in [0.1, 0.15) is 19.0 Å². The number of thiazole rings is 1. The lowest BCUT2D eigenvalue weighted by Crippen LogP contribution is -2.41. The Balaban J connectivity index is 1.22. The lowest BCUT2D eigenvalue weighted by Gasteiger charge is -2.30. The Kier molecular flexibility index (Phi) is 5.85. The first-order chi connectivity index (χ1) is 15.9. The van der Waals surface area contributed by atoms with E-state index in [-0.39, 0.29) is 29.8 Å². The summed E-state index contributed by atoms with van der Waals surface area (Å²) in [4.78, 5) is 17.5. The van der Waals surface area contributed by atoms with Crippen molar-refractivity contribution in [3.63, 3.8) is 0 Å². The number of fused-ring (bicyclic) bond motifs is 2. The van der Waals surface area contributed by atoms with Gasteiger partial charge < -0.3 is 19.5 Å². The number of anilines is 1. The van der Waals surface area contributed by atoms with Gasteiger partial charge in [-0.15, -0.1) is 0 Å². The Morgan fingerprint density at radius 1 is 1.12 bits per heavy atom. The van der Waals surface area contributed by atoms with E-state index in [1.165, 1.54) is 34.9 Å². The third kappa shape index (κ3) is 4.35. The fourth-order valence-corrected chi connectivity index (χ4v) is 6.33. The molecule has 2 aliphatic rings. The van der Waals surface area contributed by atoms with Crippen molar-refractivity contribution in [2.24, 2.45) is 5.92 Å². The third-order valence-corrected chi connectivity index (χ3v) is 8.65. The highest BCUT2D eigenvalue weighted by atomic mass is 32.2. The zero-order valence-corrected chi connectivity index (χ0v) is 19.6. The number of carbonyl (C=O) groups excluding carboxylic acids is 1. The summed E-state index contributed by atoms with van der Waals surface area (Å²) < 4.78 is 44.5. The van der Waals surface area contributed by atoms with Gasteiger partial charge in [0.25, 0.3) is 0 Å². The number of hydrogen-bond donors (Lipinski definition) is 1. The first-order valence-corrected chi connectivity index (χ1v) is 12.8. The number of benzene rings is 2. The van der Waals surface area contributed by atoms with Crippen molar-refractivity contribution in [1.29, 1.82) is 0 Å². The number of amides is 1. The van der Waals surface area contributed by atoms with Crippen LogP contribution in [0.15, 0.2) is 41.3 Å². The topological polar surface area (TPSA) is 107 Å². The van der Waals surface area contributed by atoms with Gasteiger partial charge in [-0.25, -0.2) is 13.4 Å². The molecular formula is C22H23N3O6S2. The average Bonchev–Trinajstić information content (AvgIpc) is 3.23. The summed E-state index contributed by atoms with van der Waals surface area (Å²) in [7, 11) is -2.08. The molecule has 0 radical (unpaired) electrons. The Labute approximate surface area is 195 Å². The molecule has 3 heterocycles. The van der Waals surface area contributed by atoms with Crippen LogP contribution in [-0.4, -0.2) is 57.0 Å². The monoisotopic (exact) mass is 489 g/mol. The molecule has 0 unspecified atom stereocenters. The molecule has 2 aromatic carbocycles. The highest BCUT2D eigenvalue weighted by Crippen LogP contribution is 2.38. The Hall–Kier alpha value is -2.89. The normalized spacial score (nSPS) is 17.1. The van der Waals surface area contributed by atoms with Crippen molar-refractivity contribution in [2.45, 2.75) is 17.7 Å². The van der Waals surface area contributed by atoms with E-state index in [0.717, 1.165) is 10.2 Å². The van der Waals surface area contributed by atoms with E-state index in [2.05, 4.69) is 10.3 Å². The minimum Gasteiger partial charge on any atom is -0.497 e. The number of aromatic nitrogens is 1. The van der Waals surface area contributed by atoms with Crippen LogP contribution in [0.2, 0.25) is 0 Å². The van der Waals surface area contributed by atoms with E-state index in [9.17, 15) is 13.2 Å². The smallest absolute Gasteiger partial charge is 0.243 e. The minimum atomic E-state index is -3.61. The molecule has 1 amide bonds. The van der Waals surface area contributed by atoms with E-state index in [1.54, 1.807) is 12.1 Å². The molecule has 0 atom stereocenters. The second-order valence-electron chi connectivity index (χ2n) is 7.83. The molecular weight excluding hydrogens is 466 g/mol. The second-order valence-corrected chi connectivity index (χ2v) is 10.8. The first kappa shape index (κ1) is 21.9. The molecule has 0 spiro atoms. The third-order valence-electron chi connectivity index (χ3n) is 5.80. The minimum absolute atomic E-state index is 0.146. The van der Waals surface area contributed by atoms with E-state index in [1.807, 2.05) is 12.1 Å². The van der Waals surface area contributed by atoms with E-state index in [0.29, 0.717) is 48.4 Å². The number of sulfonamides is 1. The molecule has 33 heavy (non-hydrogen) atoms. The average molecular weight is 490 g/mol. The zero-order valence-electron chi connectivity index (χ0n) is 17.9. The molecule has 1 saturated heterocycles. The fraction of sp³-hybridized carbons (Fsp3) is 0.364. The number of ether oxygens (including phenoxy) is 3. The van der Waals surface area contributed by atoms with Crippen molar-refractivity contribution in [3.05, 3.63) is 36.4 Å². The quantitative estimate of drug-likeness (QED) is 0.587. The molecule has 0 bridgehead atoms. The van der Waals surface area contributed by atoms with Crippen LogP contribution in [0.4, 0.5) is 5.13 Å². The number of rotatable bonds is 5. The van der Waals surface area contributed by atoms with Gasteiger partial charge in [-0.2, -0.15) is 4.31 Å². The number of nitrogens with one attached hydrogen (secondary N) is 1. The number of piperidine rings is 1. The van der Waals surface area contributed by atoms with Gasteiger partial charge >= 0.3 is 0 Å². The second kappa shape index (κ2) is 8.81. The van der Waals surface area contributed by atoms with Crippen LogP contribution in [0, 0.1) is 5.92 Å². The van der Waals surface area contributed by atoms with Crippen LogP contribution in [0.1, 0.15) is 12.8 Å². The van der Waals surface area contributed by atoms with E-state index in [4.69, 9.17) is 14.2 Å². The van der Waals surface area contributed by atoms with Gasteiger partial charge in [-0.05, 0) is 37.1 Å². The van der Waals surface area contributed by atoms with Crippen LogP contribution in [0.5, 0.6) is 17.2 Å². The Morgan fingerprint density at radius 2 is 1.79 bits per heavy atom. The summed E-state index contributed by atoms with van der Waals surface area (Å²) in [5, 5.41) is 3.40. The summed E-state index contributed by atoms with van der Waals surface area (Å²) in [6, 6.07) is 10.0. The summed E-state index contributed by atoms with van der Waals surface area (Å²) in [5.41, 5.74) is 0.736. The molecule has 1 N–H and O–H groups in total. The van der Waals surface area contributed by atoms with Gasteiger partial charge in [0, 0.05) is 31.1 Å². The molecule has 1 aromatic heterocycles. The number of hydrogen-bond acceptors (Lipinski definition) is 8. The van der Waals surface area contributed by atoms with Gasteiger partial charge in [0.2, 0.25) is 15.9 Å². The van der Waals surface area contributed by atoms with Gasteiger partial charge in [0.15, 0.2) is 16.6 Å². The lowest BCUT2D eigenvalue weighted by molar-refractivity contribution is -0.120. The summed E-state index contributed by atoms with van der Waals surface area (Å²) in [5.74, 6) is 1.51. The molecule has 5 rings (SSSR count). The maximum Gasteiger partial charge on any atom is 0.243 e. The maximum atomic E-state index is 12.9. The Bertz CT molecular complexity index is 1240. The number of carbonyl (C=O) groups is 1. The van der Waals surface area contributed by atoms with Crippen molar-refractivity contribution in [2.75, 3.05) is 38.7 Å². The molecule has 11 heteroatoms. The molecule has 0 aliphatic carbocycles. The molecule has 9 nitrogen and oxygen atoms in total. The summed E-state index contributed by atoms with van der Waals surface area (Å²) in [6.45, 7) is 1.58.